The average molecular weight is 436 g/mol. The molecular formula is C25H29N3O4. The zero-order chi connectivity index (χ0) is 22.2. The molecule has 168 valence electrons. The highest BCUT2D eigenvalue weighted by Gasteiger charge is 2.56. The monoisotopic (exact) mass is 435 g/mol. The molecule has 0 saturated carbocycles. The van der Waals surface area contributed by atoms with Gasteiger partial charge < -0.3 is 14.4 Å². The maximum Gasteiger partial charge on any atom is 0.323 e. The van der Waals surface area contributed by atoms with Crippen LogP contribution in [0.1, 0.15) is 48.5 Å². The van der Waals surface area contributed by atoms with E-state index in [2.05, 4.69) is 16.0 Å². The Labute approximate surface area is 187 Å². The molecule has 4 atom stereocenters. The van der Waals surface area contributed by atoms with Gasteiger partial charge in [0.2, 0.25) is 0 Å². The normalized spacial score (nSPS) is 27.0. The fraction of sp³-hybridized carbons (Fsp3) is 0.480. The topological polar surface area (TPSA) is 84.7 Å². The second-order valence-electron chi connectivity index (χ2n) is 9.02. The van der Waals surface area contributed by atoms with E-state index in [0.29, 0.717) is 13.1 Å². The minimum absolute atomic E-state index is 0.0379. The smallest absolute Gasteiger partial charge is 0.323 e. The van der Waals surface area contributed by atoms with Crippen molar-refractivity contribution in [1.82, 2.24) is 14.5 Å². The van der Waals surface area contributed by atoms with Crippen LogP contribution < -0.4 is 5.56 Å². The summed E-state index contributed by atoms with van der Waals surface area (Å²) < 4.78 is 6.99. The molecule has 0 aromatic carbocycles. The lowest BCUT2D eigenvalue weighted by Gasteiger charge is -2.29. The molecule has 3 aliphatic rings. The van der Waals surface area contributed by atoms with Crippen LogP contribution in [-0.4, -0.2) is 45.3 Å². The van der Waals surface area contributed by atoms with Crippen LogP contribution in [0.25, 0.3) is 5.57 Å². The maximum absolute atomic E-state index is 13.5. The first-order chi connectivity index (χ1) is 15.6. The highest BCUT2D eigenvalue weighted by molar-refractivity contribution is 5.77. The van der Waals surface area contributed by atoms with Crippen molar-refractivity contribution < 1.29 is 14.6 Å². The van der Waals surface area contributed by atoms with Crippen LogP contribution >= 0.6 is 0 Å². The van der Waals surface area contributed by atoms with Gasteiger partial charge in [0.25, 0.3) is 5.56 Å². The molecule has 2 aromatic rings. The number of ether oxygens (including phenoxy) is 1. The third kappa shape index (κ3) is 3.40. The predicted octanol–water partition coefficient (Wildman–Crippen LogP) is 2.54. The van der Waals surface area contributed by atoms with E-state index in [0.717, 1.165) is 41.7 Å². The van der Waals surface area contributed by atoms with E-state index in [1.165, 1.54) is 13.5 Å². The first kappa shape index (κ1) is 21.1. The van der Waals surface area contributed by atoms with Gasteiger partial charge in [-0.25, -0.2) is 0 Å². The largest absolute Gasteiger partial charge is 0.468 e. The zero-order valence-corrected chi connectivity index (χ0v) is 18.3. The number of rotatable bonds is 5. The number of pyridine rings is 2. The summed E-state index contributed by atoms with van der Waals surface area (Å²) in [4.78, 5) is 32.5. The Morgan fingerprint density at radius 1 is 1.28 bits per heavy atom. The van der Waals surface area contributed by atoms with Crippen molar-refractivity contribution in [3.8, 4) is 0 Å². The van der Waals surface area contributed by atoms with E-state index in [-0.39, 0.29) is 36.0 Å². The molecule has 0 unspecified atom stereocenters. The van der Waals surface area contributed by atoms with Crippen molar-refractivity contribution in [2.45, 2.75) is 50.9 Å². The molecule has 7 nitrogen and oxygen atoms in total. The number of carbonyl (C=O) groups is 1. The second-order valence-corrected chi connectivity index (χ2v) is 9.02. The number of hydrogen-bond acceptors (Lipinski definition) is 6. The quantitative estimate of drug-likeness (QED) is 0.727. The highest BCUT2D eigenvalue weighted by atomic mass is 16.5. The number of methoxy groups -OCH3 is 1. The lowest BCUT2D eigenvalue weighted by molar-refractivity contribution is -0.148. The number of carbonyl (C=O) groups excluding carboxylic acids is 1. The van der Waals surface area contributed by atoms with Crippen molar-refractivity contribution in [2.75, 3.05) is 13.7 Å². The molecule has 0 radical (unpaired) electrons. The summed E-state index contributed by atoms with van der Waals surface area (Å²) in [5.41, 5.74) is 3.86. The summed E-state index contributed by atoms with van der Waals surface area (Å²) in [5.74, 6) is -0.690. The van der Waals surface area contributed by atoms with Crippen LogP contribution in [0.2, 0.25) is 0 Å². The second kappa shape index (κ2) is 8.64. The molecule has 2 aliphatic heterocycles. The number of esters is 1. The maximum atomic E-state index is 13.5. The molecule has 1 N–H and O–H groups in total. The molecule has 5 rings (SSSR count). The number of hydrogen-bond donors (Lipinski definition) is 1. The Hall–Kier alpha value is -2.77. The Balaban J connectivity index is 1.57. The van der Waals surface area contributed by atoms with E-state index in [9.17, 15) is 14.7 Å². The molecule has 7 heteroatoms. The lowest BCUT2D eigenvalue weighted by Crippen LogP contribution is -2.43. The zero-order valence-electron chi connectivity index (χ0n) is 18.3. The Morgan fingerprint density at radius 3 is 2.84 bits per heavy atom. The summed E-state index contributed by atoms with van der Waals surface area (Å²) in [7, 11) is 1.38. The van der Waals surface area contributed by atoms with E-state index in [1.54, 1.807) is 12.4 Å². The number of likely N-dealkylation sites (tertiary alicyclic amines) is 1. The van der Waals surface area contributed by atoms with E-state index in [4.69, 9.17) is 4.74 Å². The Bertz CT molecular complexity index is 1090. The van der Waals surface area contributed by atoms with Gasteiger partial charge in [-0.2, -0.15) is 0 Å². The van der Waals surface area contributed by atoms with Gasteiger partial charge in [0, 0.05) is 55.2 Å². The van der Waals surface area contributed by atoms with Gasteiger partial charge in [0.1, 0.15) is 6.04 Å². The summed E-state index contributed by atoms with van der Waals surface area (Å²) in [6.07, 6.45) is 9.96. The first-order valence-electron chi connectivity index (χ1n) is 11.4. The summed E-state index contributed by atoms with van der Waals surface area (Å²) in [5, 5.41) is 10.3. The third-order valence-corrected chi connectivity index (χ3v) is 7.36. The summed E-state index contributed by atoms with van der Waals surface area (Å²) in [6, 6.07) is 7.14. The van der Waals surface area contributed by atoms with Crippen molar-refractivity contribution in [3.63, 3.8) is 0 Å². The number of aliphatic hydroxyl groups excluding tert-OH is 1. The first-order valence-corrected chi connectivity index (χ1v) is 11.4. The number of allylic oxidation sites excluding steroid dienone is 2. The van der Waals surface area contributed by atoms with Gasteiger partial charge in [0.05, 0.1) is 13.2 Å². The number of aromatic nitrogens is 2. The van der Waals surface area contributed by atoms with Crippen LogP contribution in [0, 0.1) is 11.8 Å². The summed E-state index contributed by atoms with van der Waals surface area (Å²) in [6.45, 7) is 0.861. The third-order valence-electron chi connectivity index (χ3n) is 7.36. The van der Waals surface area contributed by atoms with Crippen LogP contribution in [0.4, 0.5) is 0 Å². The number of aliphatic hydroxyl groups is 1. The minimum atomic E-state index is -0.565. The molecule has 0 amide bonds. The van der Waals surface area contributed by atoms with Gasteiger partial charge in [0.15, 0.2) is 0 Å². The van der Waals surface area contributed by atoms with Gasteiger partial charge in [-0.05, 0) is 55.0 Å². The predicted molar refractivity (Wildman–Crippen MR) is 120 cm³/mol. The fourth-order valence-corrected chi connectivity index (χ4v) is 5.90. The number of fused-ring (bicyclic) bond motifs is 3. The van der Waals surface area contributed by atoms with Crippen LogP contribution in [-0.2, 0) is 22.6 Å². The fourth-order valence-electron chi connectivity index (χ4n) is 5.90. The van der Waals surface area contributed by atoms with Crippen molar-refractivity contribution >= 4 is 11.5 Å². The molecule has 2 aromatic heterocycles. The van der Waals surface area contributed by atoms with Crippen molar-refractivity contribution in [3.05, 3.63) is 69.9 Å². The average Bonchev–Trinajstić information content (AvgIpc) is 3.35. The molecule has 4 heterocycles. The van der Waals surface area contributed by atoms with E-state index < -0.39 is 6.04 Å². The van der Waals surface area contributed by atoms with E-state index >= 15 is 0 Å². The highest BCUT2D eigenvalue weighted by Crippen LogP contribution is 2.50. The van der Waals surface area contributed by atoms with Crippen molar-refractivity contribution in [2.24, 2.45) is 11.8 Å². The minimum Gasteiger partial charge on any atom is -0.468 e. The van der Waals surface area contributed by atoms with Crippen LogP contribution in [0.5, 0.6) is 0 Å². The molecule has 0 spiro atoms. The Kier molecular flexibility index (Phi) is 5.69. The van der Waals surface area contributed by atoms with Gasteiger partial charge in [-0.3, -0.25) is 19.5 Å². The van der Waals surface area contributed by atoms with E-state index in [1.807, 2.05) is 28.8 Å². The molecule has 1 aliphatic carbocycles. The molecule has 1 fully saturated rings. The van der Waals surface area contributed by atoms with Gasteiger partial charge >= 0.3 is 5.97 Å². The SMILES string of the molecule is COC(=O)[C@H]1[C@H](CO)[C@H]2Cn3c(ccc(C4=CCCCC4)c3=O)[C@H]2N1Cc1cccnc1. The van der Waals surface area contributed by atoms with Crippen LogP contribution in [0.15, 0.2) is 47.5 Å². The molecular weight excluding hydrogens is 406 g/mol. The molecule has 1 saturated heterocycles. The lowest BCUT2D eigenvalue weighted by atomic mass is 9.88. The molecule has 32 heavy (non-hydrogen) atoms. The van der Waals surface area contributed by atoms with Gasteiger partial charge in [-0.1, -0.05) is 12.1 Å². The standard InChI is InChI=1S/C25H29N3O4/c1-32-25(31)23-20(15-29)19-14-27-21(22(19)28(23)13-16-6-5-11-26-12-16)10-9-18(24(27)30)17-7-3-2-4-8-17/h5-7,9-12,19-20,22-23,29H,2-4,8,13-15H2,1H3/t19-,20-,22+,23-/m1/s1. The molecule has 0 bridgehead atoms. The van der Waals surface area contributed by atoms with Gasteiger partial charge in [-0.15, -0.1) is 0 Å². The summed E-state index contributed by atoms with van der Waals surface area (Å²) >= 11 is 0. The number of nitrogens with zero attached hydrogens (tertiary/aromatic N) is 3. The van der Waals surface area contributed by atoms with Crippen molar-refractivity contribution in [1.29, 1.82) is 0 Å². The Morgan fingerprint density at radius 2 is 2.16 bits per heavy atom. The van der Waals surface area contributed by atoms with Crippen LogP contribution in [0.3, 0.4) is 0 Å².